The number of amides is 1. The molecule has 3 rings (SSSR count). The molecule has 1 amide bonds. The summed E-state index contributed by atoms with van der Waals surface area (Å²) in [5, 5.41) is 3.25. The van der Waals surface area contributed by atoms with Crippen LogP contribution >= 0.6 is 0 Å². The molecule has 2 fully saturated rings. The monoisotopic (exact) mass is 329 g/mol. The Morgan fingerprint density at radius 3 is 2.79 bits per heavy atom. The van der Waals surface area contributed by atoms with Gasteiger partial charge in [-0.2, -0.15) is 0 Å². The topological polar surface area (TPSA) is 35.6 Å². The molecule has 2 atom stereocenters. The number of para-hydroxylation sites is 1. The van der Waals surface area contributed by atoms with E-state index >= 15 is 0 Å². The van der Waals surface area contributed by atoms with Crippen LogP contribution in [0.2, 0.25) is 0 Å². The Kier molecular flexibility index (Phi) is 6.13. The fourth-order valence-corrected chi connectivity index (χ4v) is 4.08. The van der Waals surface area contributed by atoms with Crippen molar-refractivity contribution in [2.24, 2.45) is 5.92 Å². The smallest absolute Gasteiger partial charge is 0.237 e. The first-order chi connectivity index (χ1) is 11.8. The van der Waals surface area contributed by atoms with Crippen LogP contribution in [-0.2, 0) is 4.79 Å². The van der Waals surface area contributed by atoms with E-state index in [0.717, 1.165) is 45.6 Å². The first-order valence-electron chi connectivity index (χ1n) is 9.59. The lowest BCUT2D eigenvalue weighted by atomic mass is 10.0. The average molecular weight is 329 g/mol. The summed E-state index contributed by atoms with van der Waals surface area (Å²) in [4.78, 5) is 17.4. The highest BCUT2D eigenvalue weighted by molar-refractivity contribution is 5.81. The van der Waals surface area contributed by atoms with Gasteiger partial charge < -0.3 is 10.2 Å². The lowest BCUT2D eigenvalue weighted by Crippen LogP contribution is -2.50. The molecule has 0 bridgehead atoms. The van der Waals surface area contributed by atoms with E-state index in [1.54, 1.807) is 0 Å². The number of carbonyl (C=O) groups is 1. The van der Waals surface area contributed by atoms with Crippen LogP contribution in [0.1, 0.15) is 39.0 Å². The molecule has 2 heterocycles. The van der Waals surface area contributed by atoms with Gasteiger partial charge in [0.05, 0.1) is 6.04 Å². The maximum Gasteiger partial charge on any atom is 0.237 e. The van der Waals surface area contributed by atoms with E-state index in [9.17, 15) is 4.79 Å². The van der Waals surface area contributed by atoms with Gasteiger partial charge >= 0.3 is 0 Å². The second-order valence-electron chi connectivity index (χ2n) is 7.23. The van der Waals surface area contributed by atoms with Crippen molar-refractivity contribution in [2.45, 2.75) is 45.1 Å². The summed E-state index contributed by atoms with van der Waals surface area (Å²) in [5.41, 5.74) is 1.30. The summed E-state index contributed by atoms with van der Waals surface area (Å²) in [6, 6.07) is 10.7. The molecule has 0 spiro atoms. The fourth-order valence-electron chi connectivity index (χ4n) is 4.08. The molecule has 4 heteroatoms. The summed E-state index contributed by atoms with van der Waals surface area (Å²) in [7, 11) is 0. The highest BCUT2D eigenvalue weighted by Crippen LogP contribution is 2.23. The number of likely N-dealkylation sites (tertiary alicyclic amines) is 1. The molecule has 1 aromatic rings. The zero-order chi connectivity index (χ0) is 16.8. The third kappa shape index (κ3) is 4.29. The molecule has 24 heavy (non-hydrogen) atoms. The molecule has 2 saturated heterocycles. The zero-order valence-corrected chi connectivity index (χ0v) is 14.9. The Labute approximate surface area is 146 Å². The molecule has 1 aromatic carbocycles. The van der Waals surface area contributed by atoms with E-state index in [0.29, 0.717) is 5.92 Å². The minimum atomic E-state index is 0.102. The Morgan fingerprint density at radius 2 is 2.00 bits per heavy atom. The van der Waals surface area contributed by atoms with Gasteiger partial charge in [0.2, 0.25) is 5.91 Å². The fraction of sp³-hybridized carbons (Fsp3) is 0.650. The van der Waals surface area contributed by atoms with Crippen LogP contribution in [0.25, 0.3) is 0 Å². The summed E-state index contributed by atoms with van der Waals surface area (Å²) in [6.07, 6.45) is 5.73. The van der Waals surface area contributed by atoms with Crippen LogP contribution in [0.4, 0.5) is 5.69 Å². The second-order valence-corrected chi connectivity index (χ2v) is 7.23. The first-order valence-corrected chi connectivity index (χ1v) is 9.59. The van der Waals surface area contributed by atoms with E-state index in [4.69, 9.17) is 0 Å². The molecule has 1 N–H and O–H groups in total. The molecule has 0 aliphatic carbocycles. The van der Waals surface area contributed by atoms with Crippen LogP contribution < -0.4 is 10.2 Å². The molecule has 0 aromatic heterocycles. The predicted octanol–water partition coefficient (Wildman–Crippen LogP) is 2.89. The van der Waals surface area contributed by atoms with Gasteiger partial charge in [0.15, 0.2) is 0 Å². The SMILES string of the molecule is CCCN1CCCC[C@@H]1C(=O)NC[C@H]1CCN(c2ccccc2)C1. The van der Waals surface area contributed by atoms with Gasteiger partial charge in [-0.05, 0) is 56.8 Å². The van der Waals surface area contributed by atoms with Gasteiger partial charge in [-0.3, -0.25) is 9.69 Å². The molecular weight excluding hydrogens is 298 g/mol. The van der Waals surface area contributed by atoms with Gasteiger partial charge in [0.1, 0.15) is 0 Å². The molecular formula is C20H31N3O. The number of nitrogens with one attached hydrogen (secondary N) is 1. The summed E-state index contributed by atoms with van der Waals surface area (Å²) in [5.74, 6) is 0.818. The lowest BCUT2D eigenvalue weighted by molar-refractivity contribution is -0.127. The van der Waals surface area contributed by atoms with Crippen molar-refractivity contribution in [2.75, 3.05) is 37.6 Å². The van der Waals surface area contributed by atoms with E-state index in [2.05, 4.69) is 52.4 Å². The summed E-state index contributed by atoms with van der Waals surface area (Å²) >= 11 is 0. The van der Waals surface area contributed by atoms with E-state index < -0.39 is 0 Å². The van der Waals surface area contributed by atoms with Crippen molar-refractivity contribution >= 4 is 11.6 Å². The van der Waals surface area contributed by atoms with Gasteiger partial charge in [-0.25, -0.2) is 0 Å². The molecule has 2 aliphatic rings. The highest BCUT2D eigenvalue weighted by Gasteiger charge is 2.29. The molecule has 4 nitrogen and oxygen atoms in total. The number of rotatable bonds is 6. The van der Waals surface area contributed by atoms with Gasteiger partial charge in [-0.1, -0.05) is 31.5 Å². The number of anilines is 1. The Bertz CT molecular complexity index is 517. The van der Waals surface area contributed by atoms with Crippen molar-refractivity contribution in [1.82, 2.24) is 10.2 Å². The largest absolute Gasteiger partial charge is 0.371 e. The number of nitrogens with zero attached hydrogens (tertiary/aromatic N) is 2. The van der Waals surface area contributed by atoms with Crippen LogP contribution in [0.15, 0.2) is 30.3 Å². The van der Waals surface area contributed by atoms with Crippen molar-refractivity contribution in [1.29, 1.82) is 0 Å². The minimum absolute atomic E-state index is 0.102. The Hall–Kier alpha value is -1.55. The Balaban J connectivity index is 1.46. The summed E-state index contributed by atoms with van der Waals surface area (Å²) < 4.78 is 0. The third-order valence-electron chi connectivity index (χ3n) is 5.40. The van der Waals surface area contributed by atoms with Crippen LogP contribution in [-0.4, -0.2) is 49.6 Å². The number of carbonyl (C=O) groups excluding carboxylic acids is 1. The molecule has 0 radical (unpaired) electrons. The van der Waals surface area contributed by atoms with E-state index in [-0.39, 0.29) is 11.9 Å². The number of hydrogen-bond acceptors (Lipinski definition) is 3. The quantitative estimate of drug-likeness (QED) is 0.872. The molecule has 2 aliphatic heterocycles. The van der Waals surface area contributed by atoms with E-state index in [1.807, 2.05) is 0 Å². The maximum atomic E-state index is 12.6. The van der Waals surface area contributed by atoms with Crippen LogP contribution in [0.5, 0.6) is 0 Å². The first kappa shape index (κ1) is 17.3. The molecule has 0 unspecified atom stereocenters. The zero-order valence-electron chi connectivity index (χ0n) is 14.9. The number of hydrogen-bond donors (Lipinski definition) is 1. The van der Waals surface area contributed by atoms with Crippen molar-refractivity contribution < 1.29 is 4.79 Å². The second kappa shape index (κ2) is 8.52. The third-order valence-corrected chi connectivity index (χ3v) is 5.40. The summed E-state index contributed by atoms with van der Waals surface area (Å²) in [6.45, 7) is 7.28. The normalized spacial score (nSPS) is 25.0. The highest BCUT2D eigenvalue weighted by atomic mass is 16.2. The van der Waals surface area contributed by atoms with Crippen molar-refractivity contribution in [3.05, 3.63) is 30.3 Å². The van der Waals surface area contributed by atoms with Crippen molar-refractivity contribution in [3.63, 3.8) is 0 Å². The van der Waals surface area contributed by atoms with Crippen molar-refractivity contribution in [3.8, 4) is 0 Å². The van der Waals surface area contributed by atoms with Gasteiger partial charge in [-0.15, -0.1) is 0 Å². The van der Waals surface area contributed by atoms with Crippen LogP contribution in [0.3, 0.4) is 0 Å². The predicted molar refractivity (Wildman–Crippen MR) is 99.3 cm³/mol. The van der Waals surface area contributed by atoms with Gasteiger partial charge in [0, 0.05) is 25.3 Å². The Morgan fingerprint density at radius 1 is 1.17 bits per heavy atom. The van der Waals surface area contributed by atoms with Crippen LogP contribution in [0, 0.1) is 5.92 Å². The molecule has 132 valence electrons. The average Bonchev–Trinajstić information content (AvgIpc) is 3.10. The standard InChI is InChI=1S/C20H31N3O/c1-2-12-22-13-7-6-10-19(22)20(24)21-15-17-11-14-23(16-17)18-8-4-3-5-9-18/h3-5,8-9,17,19H,2,6-7,10-16H2,1H3,(H,21,24)/t17-,19-/m1/s1. The van der Waals surface area contributed by atoms with Gasteiger partial charge in [0.25, 0.3) is 0 Å². The minimum Gasteiger partial charge on any atom is -0.371 e. The van der Waals surface area contributed by atoms with E-state index in [1.165, 1.54) is 24.9 Å². The lowest BCUT2D eigenvalue weighted by Gasteiger charge is -2.34. The molecule has 0 saturated carbocycles. The maximum absolute atomic E-state index is 12.6. The number of piperidine rings is 1. The number of benzene rings is 1.